The van der Waals surface area contributed by atoms with Crippen LogP contribution in [0.1, 0.15) is 6.42 Å². The first kappa shape index (κ1) is 16.2. The zero-order chi connectivity index (χ0) is 14.4. The molecule has 0 aliphatic carbocycles. The topological polar surface area (TPSA) is 146 Å². The van der Waals surface area contributed by atoms with Crippen molar-refractivity contribution in [1.82, 2.24) is 0 Å². The van der Waals surface area contributed by atoms with E-state index in [0.717, 1.165) is 0 Å². The Bertz CT molecular complexity index is 284. The summed E-state index contributed by atoms with van der Waals surface area (Å²) in [4.78, 5) is 10.2. The summed E-state index contributed by atoms with van der Waals surface area (Å²) in [5.74, 6) is -0.979. The molecule has 1 aliphatic rings. The molecule has 112 valence electrons. The van der Waals surface area contributed by atoms with Crippen LogP contribution >= 0.6 is 0 Å². The van der Waals surface area contributed by atoms with Crippen LogP contribution in [0.15, 0.2) is 0 Å². The van der Waals surface area contributed by atoms with Crippen LogP contribution in [0.25, 0.3) is 0 Å². The summed E-state index contributed by atoms with van der Waals surface area (Å²) >= 11 is 0. The van der Waals surface area contributed by atoms with Crippen molar-refractivity contribution in [2.45, 2.75) is 37.3 Å². The van der Waals surface area contributed by atoms with E-state index < -0.39 is 36.9 Å². The predicted octanol–water partition coefficient (Wildman–Crippen LogP) is -2.75. The average Bonchev–Trinajstić information content (AvgIpc) is 2.36. The third kappa shape index (κ3) is 4.99. The van der Waals surface area contributed by atoms with Gasteiger partial charge in [0.1, 0.15) is 18.3 Å². The second kappa shape index (κ2) is 7.70. The van der Waals surface area contributed by atoms with Crippen LogP contribution in [0.2, 0.25) is 0 Å². The lowest BCUT2D eigenvalue weighted by Crippen LogP contribution is -2.58. The van der Waals surface area contributed by atoms with Crippen molar-refractivity contribution in [3.8, 4) is 0 Å². The maximum Gasteiger partial charge on any atom is 0.305 e. The van der Waals surface area contributed by atoms with Crippen LogP contribution in [-0.4, -0.2) is 82.2 Å². The molecule has 0 aromatic rings. The van der Waals surface area contributed by atoms with E-state index in [9.17, 15) is 25.2 Å². The maximum atomic E-state index is 10.2. The zero-order valence-corrected chi connectivity index (χ0v) is 10.1. The van der Waals surface area contributed by atoms with Crippen LogP contribution < -0.4 is 0 Å². The lowest BCUT2D eigenvalue weighted by molar-refractivity contribution is -0.340. The number of aliphatic hydroxyl groups excluding tert-OH is 4. The molecule has 1 fully saturated rings. The molecule has 0 spiro atoms. The number of hydrogen-bond donors (Lipinski definition) is 5. The number of carboxylic acids is 1. The lowest BCUT2D eigenvalue weighted by atomic mass is 10.0. The summed E-state index contributed by atoms with van der Waals surface area (Å²) in [6, 6.07) is 0. The first-order chi connectivity index (χ1) is 8.93. The van der Waals surface area contributed by atoms with E-state index in [2.05, 4.69) is 0 Å². The molecular weight excluding hydrogens is 264 g/mol. The standard InChI is InChI=1S/C10H18O9/c11-5(12)1-2-17-3-4-18-10-8(15)6(13)7(14)9(16)19-10/h6-10,13-16H,1-4H2,(H,11,12)/t6?,7?,8-,9+,10?/m0/s1. The fourth-order valence-corrected chi connectivity index (χ4v) is 1.45. The van der Waals surface area contributed by atoms with Crippen LogP contribution in [0.4, 0.5) is 0 Å². The van der Waals surface area contributed by atoms with Gasteiger partial charge in [-0.2, -0.15) is 0 Å². The molecular formula is C10H18O9. The molecule has 1 rings (SSSR count). The normalized spacial score (nSPS) is 35.3. The van der Waals surface area contributed by atoms with Crippen LogP contribution in [0, 0.1) is 0 Å². The number of hydrogen-bond acceptors (Lipinski definition) is 8. The molecule has 0 bridgehead atoms. The van der Waals surface area contributed by atoms with Gasteiger partial charge < -0.3 is 39.7 Å². The fraction of sp³-hybridized carbons (Fsp3) is 0.900. The van der Waals surface area contributed by atoms with Crippen molar-refractivity contribution < 1.29 is 44.5 Å². The van der Waals surface area contributed by atoms with Crippen molar-refractivity contribution in [3.05, 3.63) is 0 Å². The van der Waals surface area contributed by atoms with Crippen LogP contribution in [0.5, 0.6) is 0 Å². The molecule has 0 radical (unpaired) electrons. The van der Waals surface area contributed by atoms with Gasteiger partial charge in [-0.05, 0) is 0 Å². The molecule has 1 heterocycles. The lowest BCUT2D eigenvalue weighted by Gasteiger charge is -2.37. The predicted molar refractivity (Wildman–Crippen MR) is 57.9 cm³/mol. The van der Waals surface area contributed by atoms with Gasteiger partial charge in [0.15, 0.2) is 12.6 Å². The van der Waals surface area contributed by atoms with Crippen LogP contribution in [0.3, 0.4) is 0 Å². The van der Waals surface area contributed by atoms with E-state index in [-0.39, 0.29) is 26.2 Å². The summed E-state index contributed by atoms with van der Waals surface area (Å²) in [6.45, 7) is 0.0578. The number of ether oxygens (including phenoxy) is 3. The highest BCUT2D eigenvalue weighted by Crippen LogP contribution is 2.20. The van der Waals surface area contributed by atoms with E-state index in [1.165, 1.54) is 0 Å². The Morgan fingerprint density at radius 1 is 1.00 bits per heavy atom. The molecule has 0 aromatic carbocycles. The van der Waals surface area contributed by atoms with Crippen molar-refractivity contribution in [2.24, 2.45) is 0 Å². The van der Waals surface area contributed by atoms with Crippen LogP contribution in [-0.2, 0) is 19.0 Å². The molecule has 9 heteroatoms. The van der Waals surface area contributed by atoms with E-state index >= 15 is 0 Å². The SMILES string of the molecule is O=C(O)CCOCCOC1O[C@@H](O)C(O)C(O)[C@@H]1O. The van der Waals surface area contributed by atoms with Gasteiger partial charge in [0.05, 0.1) is 26.2 Å². The van der Waals surface area contributed by atoms with Gasteiger partial charge >= 0.3 is 5.97 Å². The monoisotopic (exact) mass is 282 g/mol. The molecule has 0 aromatic heterocycles. The molecule has 19 heavy (non-hydrogen) atoms. The highest BCUT2D eigenvalue weighted by molar-refractivity contribution is 5.66. The van der Waals surface area contributed by atoms with Gasteiger partial charge in [0.25, 0.3) is 0 Å². The minimum absolute atomic E-state index is 0.0245. The smallest absolute Gasteiger partial charge is 0.305 e. The quantitative estimate of drug-likeness (QED) is 0.313. The molecule has 3 unspecified atom stereocenters. The van der Waals surface area contributed by atoms with Gasteiger partial charge in [-0.3, -0.25) is 4.79 Å². The van der Waals surface area contributed by atoms with Crippen molar-refractivity contribution >= 4 is 5.97 Å². The summed E-state index contributed by atoms with van der Waals surface area (Å²) in [5, 5.41) is 45.7. The molecule has 5 N–H and O–H groups in total. The minimum Gasteiger partial charge on any atom is -0.481 e. The summed E-state index contributed by atoms with van der Waals surface area (Å²) in [7, 11) is 0. The third-order valence-corrected chi connectivity index (χ3v) is 2.51. The Hall–Kier alpha value is -0.810. The van der Waals surface area contributed by atoms with Gasteiger partial charge in [-0.15, -0.1) is 0 Å². The summed E-state index contributed by atoms with van der Waals surface area (Å²) < 4.78 is 14.7. The Morgan fingerprint density at radius 2 is 1.68 bits per heavy atom. The largest absolute Gasteiger partial charge is 0.481 e. The second-order valence-electron chi connectivity index (χ2n) is 3.99. The third-order valence-electron chi connectivity index (χ3n) is 2.51. The average molecular weight is 282 g/mol. The first-order valence-corrected chi connectivity index (χ1v) is 5.72. The maximum absolute atomic E-state index is 10.2. The minimum atomic E-state index is -1.66. The van der Waals surface area contributed by atoms with Crippen molar-refractivity contribution in [1.29, 1.82) is 0 Å². The molecule has 5 atom stereocenters. The van der Waals surface area contributed by atoms with Gasteiger partial charge in [-0.1, -0.05) is 0 Å². The molecule has 0 saturated carbocycles. The highest BCUT2D eigenvalue weighted by atomic mass is 16.7. The molecule has 1 aliphatic heterocycles. The van der Waals surface area contributed by atoms with Gasteiger partial charge in [0, 0.05) is 0 Å². The van der Waals surface area contributed by atoms with E-state index in [0.29, 0.717) is 0 Å². The Labute approximate surface area is 108 Å². The number of carbonyl (C=O) groups is 1. The van der Waals surface area contributed by atoms with Crippen molar-refractivity contribution in [3.63, 3.8) is 0 Å². The van der Waals surface area contributed by atoms with Gasteiger partial charge in [0.2, 0.25) is 0 Å². The zero-order valence-electron chi connectivity index (χ0n) is 10.1. The number of aliphatic carboxylic acids is 1. The molecule has 1 saturated heterocycles. The van der Waals surface area contributed by atoms with E-state index in [1.54, 1.807) is 0 Å². The van der Waals surface area contributed by atoms with E-state index in [4.69, 9.17) is 19.3 Å². The fourth-order valence-electron chi connectivity index (χ4n) is 1.45. The number of aliphatic hydroxyl groups is 4. The molecule has 0 amide bonds. The summed E-state index contributed by atoms with van der Waals surface area (Å²) in [6.07, 6.45) is -7.78. The molecule has 9 nitrogen and oxygen atoms in total. The second-order valence-corrected chi connectivity index (χ2v) is 3.99. The van der Waals surface area contributed by atoms with E-state index in [1.807, 2.05) is 0 Å². The summed E-state index contributed by atoms with van der Waals surface area (Å²) in [5.41, 5.74) is 0. The number of carboxylic acid groups (broad SMARTS) is 1. The Morgan fingerprint density at radius 3 is 2.32 bits per heavy atom. The first-order valence-electron chi connectivity index (χ1n) is 5.72. The Kier molecular flexibility index (Phi) is 6.58. The van der Waals surface area contributed by atoms with Crippen molar-refractivity contribution in [2.75, 3.05) is 19.8 Å². The van der Waals surface area contributed by atoms with Gasteiger partial charge in [-0.25, -0.2) is 0 Å². The highest BCUT2D eigenvalue weighted by Gasteiger charge is 2.43. The Balaban J connectivity index is 2.20. The number of rotatable bonds is 7.